The van der Waals surface area contributed by atoms with Gasteiger partial charge in [-0.2, -0.15) is 0 Å². The molecule has 6 nitrogen and oxygen atoms in total. The second-order valence-electron chi connectivity index (χ2n) is 6.69. The number of carbonyl (C=O) groups excluding carboxylic acids is 1. The van der Waals surface area contributed by atoms with Crippen molar-refractivity contribution in [2.45, 2.75) is 41.0 Å². The first-order valence-electron chi connectivity index (χ1n) is 8.94. The maximum absolute atomic E-state index is 11.9. The lowest BCUT2D eigenvalue weighted by atomic mass is 9.97. The van der Waals surface area contributed by atoms with Gasteiger partial charge >= 0.3 is 6.09 Å². The van der Waals surface area contributed by atoms with Gasteiger partial charge in [0.15, 0.2) is 12.4 Å². The van der Waals surface area contributed by atoms with E-state index in [1.54, 1.807) is 11.8 Å². The van der Waals surface area contributed by atoms with E-state index in [2.05, 4.69) is 5.32 Å². The van der Waals surface area contributed by atoms with Crippen molar-refractivity contribution in [3.8, 4) is 0 Å². The van der Waals surface area contributed by atoms with Gasteiger partial charge in [-0.05, 0) is 12.1 Å². The third-order valence-corrected chi connectivity index (χ3v) is 6.11. The Kier molecular flexibility index (Phi) is 4.53. The summed E-state index contributed by atoms with van der Waals surface area (Å²) in [6.45, 7) is 0.386. The Hall–Kier alpha value is -2.06. The molecule has 1 N–H and O–H groups in total. The van der Waals surface area contributed by atoms with Gasteiger partial charge in [-0.25, -0.2) is 4.79 Å². The number of benzene rings is 2. The van der Waals surface area contributed by atoms with E-state index in [4.69, 9.17) is 18.9 Å². The van der Waals surface area contributed by atoms with Crippen molar-refractivity contribution < 1.29 is 23.7 Å². The van der Waals surface area contributed by atoms with Crippen molar-refractivity contribution in [1.82, 2.24) is 5.32 Å². The minimum absolute atomic E-state index is 0.273. The highest BCUT2D eigenvalue weighted by Gasteiger charge is 2.55. The largest absolute Gasteiger partial charge is 0.441 e. The Labute approximate surface area is 161 Å². The van der Waals surface area contributed by atoms with Crippen molar-refractivity contribution in [1.29, 1.82) is 0 Å². The van der Waals surface area contributed by atoms with E-state index in [-0.39, 0.29) is 23.7 Å². The molecule has 0 spiro atoms. The maximum Gasteiger partial charge on any atom is 0.408 e. The molecule has 3 heterocycles. The van der Waals surface area contributed by atoms with Gasteiger partial charge < -0.3 is 24.3 Å². The number of hydrogen-bond acceptors (Lipinski definition) is 6. The van der Waals surface area contributed by atoms with Crippen LogP contribution in [0.15, 0.2) is 65.6 Å². The molecule has 140 valence electrons. The minimum atomic E-state index is -0.491. The molecule has 0 aromatic heterocycles. The summed E-state index contributed by atoms with van der Waals surface area (Å²) < 4.78 is 23.9. The highest BCUT2D eigenvalue weighted by Crippen LogP contribution is 2.41. The van der Waals surface area contributed by atoms with E-state index in [9.17, 15) is 4.79 Å². The number of amides is 1. The Morgan fingerprint density at radius 3 is 2.44 bits per heavy atom. The van der Waals surface area contributed by atoms with Gasteiger partial charge in [0.2, 0.25) is 0 Å². The van der Waals surface area contributed by atoms with Gasteiger partial charge in [-0.15, -0.1) is 0 Å². The van der Waals surface area contributed by atoms with Gasteiger partial charge in [-0.1, -0.05) is 60.3 Å². The number of rotatable bonds is 3. The number of carbonyl (C=O) groups is 1. The molecule has 7 heteroatoms. The van der Waals surface area contributed by atoms with Crippen molar-refractivity contribution in [2.24, 2.45) is 0 Å². The van der Waals surface area contributed by atoms with Gasteiger partial charge in [0.25, 0.3) is 0 Å². The van der Waals surface area contributed by atoms with E-state index in [0.29, 0.717) is 6.61 Å². The van der Waals surface area contributed by atoms with Crippen LogP contribution in [0.1, 0.15) is 11.9 Å². The van der Waals surface area contributed by atoms with Gasteiger partial charge in [0.05, 0.1) is 6.61 Å². The zero-order valence-corrected chi connectivity index (χ0v) is 15.2. The van der Waals surface area contributed by atoms with Crippen molar-refractivity contribution in [3.05, 3.63) is 66.2 Å². The van der Waals surface area contributed by atoms with E-state index < -0.39 is 18.5 Å². The lowest BCUT2D eigenvalue weighted by Gasteiger charge is -2.45. The molecule has 6 atom stereocenters. The van der Waals surface area contributed by atoms with Crippen LogP contribution in [0.3, 0.4) is 0 Å². The zero-order valence-electron chi connectivity index (χ0n) is 14.4. The van der Waals surface area contributed by atoms with Crippen LogP contribution in [-0.4, -0.2) is 42.5 Å². The summed E-state index contributed by atoms with van der Waals surface area (Å²) in [5.41, 5.74) is 0.663. The molecule has 3 aliphatic heterocycles. The molecule has 2 aromatic carbocycles. The van der Waals surface area contributed by atoms with E-state index in [0.717, 1.165) is 10.5 Å². The Bertz CT molecular complexity index is 805. The zero-order chi connectivity index (χ0) is 18.2. The van der Waals surface area contributed by atoms with Gasteiger partial charge in [0, 0.05) is 10.5 Å². The molecule has 0 aliphatic carbocycles. The van der Waals surface area contributed by atoms with E-state index >= 15 is 0 Å². The van der Waals surface area contributed by atoms with Crippen molar-refractivity contribution >= 4 is 17.9 Å². The molecule has 6 unspecified atom stereocenters. The molecule has 0 radical (unpaired) electrons. The van der Waals surface area contributed by atoms with Crippen LogP contribution in [0.5, 0.6) is 0 Å². The normalized spacial score (nSPS) is 34.9. The standard InChI is InChI=1S/C20H19NO5S/c22-20-21-15-17(26-20)16-14(24-19(15)27-13-9-5-2-6-10-13)11-23-18(25-16)12-7-3-1-4-8-12/h1-10,14-19H,11H2,(H,21,22). The second-order valence-corrected chi connectivity index (χ2v) is 7.86. The first-order valence-corrected chi connectivity index (χ1v) is 9.82. The summed E-state index contributed by atoms with van der Waals surface area (Å²) in [5.74, 6) is 0. The van der Waals surface area contributed by atoms with E-state index in [1.165, 1.54) is 0 Å². The molecular formula is C20H19NO5S. The minimum Gasteiger partial charge on any atom is -0.441 e. The van der Waals surface area contributed by atoms with Crippen LogP contribution in [0.4, 0.5) is 4.79 Å². The summed E-state index contributed by atoms with van der Waals surface area (Å²) in [7, 11) is 0. The fraction of sp³-hybridized carbons (Fsp3) is 0.350. The number of hydrogen-bond donors (Lipinski definition) is 1. The van der Waals surface area contributed by atoms with Crippen molar-refractivity contribution in [3.63, 3.8) is 0 Å². The molecular weight excluding hydrogens is 366 g/mol. The SMILES string of the molecule is O=C1NC2C(Sc3ccccc3)OC3COC(c4ccccc4)OC3C2O1. The molecule has 5 rings (SSSR count). The predicted octanol–water partition coefficient (Wildman–Crippen LogP) is 3.09. The lowest BCUT2D eigenvalue weighted by molar-refractivity contribution is -0.300. The van der Waals surface area contributed by atoms with Crippen LogP contribution in [0.25, 0.3) is 0 Å². The number of thioether (sulfide) groups is 1. The van der Waals surface area contributed by atoms with Crippen LogP contribution in [0, 0.1) is 0 Å². The quantitative estimate of drug-likeness (QED) is 0.876. The Morgan fingerprint density at radius 1 is 0.926 bits per heavy atom. The summed E-state index contributed by atoms with van der Waals surface area (Å²) in [4.78, 5) is 13.0. The molecule has 0 bridgehead atoms. The third kappa shape index (κ3) is 3.32. The van der Waals surface area contributed by atoms with Crippen LogP contribution in [0.2, 0.25) is 0 Å². The molecule has 0 saturated carbocycles. The summed E-state index contributed by atoms with van der Waals surface area (Å²) in [6.07, 6.45) is -2.00. The van der Waals surface area contributed by atoms with Crippen LogP contribution in [-0.2, 0) is 18.9 Å². The molecule has 3 saturated heterocycles. The second kappa shape index (κ2) is 7.16. The first kappa shape index (κ1) is 17.1. The average Bonchev–Trinajstić information content (AvgIpc) is 3.11. The van der Waals surface area contributed by atoms with Gasteiger partial charge in [0.1, 0.15) is 23.7 Å². The first-order chi connectivity index (χ1) is 13.3. The van der Waals surface area contributed by atoms with Crippen LogP contribution < -0.4 is 5.32 Å². The molecule has 3 aliphatic rings. The number of nitrogens with one attached hydrogen (secondary N) is 1. The van der Waals surface area contributed by atoms with E-state index in [1.807, 2.05) is 60.7 Å². The lowest BCUT2D eigenvalue weighted by Crippen LogP contribution is -2.61. The number of alkyl carbamates (subject to hydrolysis) is 1. The monoisotopic (exact) mass is 385 g/mol. The molecule has 2 aromatic rings. The smallest absolute Gasteiger partial charge is 0.408 e. The molecule has 1 amide bonds. The topological polar surface area (TPSA) is 66.0 Å². The number of fused-ring (bicyclic) bond motifs is 3. The molecule has 3 fully saturated rings. The predicted molar refractivity (Wildman–Crippen MR) is 98.2 cm³/mol. The fourth-order valence-corrected chi connectivity index (χ4v) is 4.82. The molecule has 27 heavy (non-hydrogen) atoms. The fourth-order valence-electron chi connectivity index (χ4n) is 3.67. The Morgan fingerprint density at radius 2 is 1.67 bits per heavy atom. The van der Waals surface area contributed by atoms with Gasteiger partial charge in [-0.3, -0.25) is 0 Å². The highest BCUT2D eigenvalue weighted by atomic mass is 32.2. The number of ether oxygens (including phenoxy) is 4. The Balaban J connectivity index is 1.37. The summed E-state index contributed by atoms with van der Waals surface area (Å²) in [5, 5.41) is 2.89. The highest BCUT2D eigenvalue weighted by molar-refractivity contribution is 7.99. The third-order valence-electron chi connectivity index (χ3n) is 4.93. The van der Waals surface area contributed by atoms with Crippen LogP contribution >= 0.6 is 11.8 Å². The summed E-state index contributed by atoms with van der Waals surface area (Å²) in [6, 6.07) is 19.4. The maximum atomic E-state index is 11.9. The average molecular weight is 385 g/mol. The van der Waals surface area contributed by atoms with Crippen molar-refractivity contribution in [2.75, 3.05) is 6.61 Å². The summed E-state index contributed by atoms with van der Waals surface area (Å²) >= 11 is 1.57.